The fourth-order valence-corrected chi connectivity index (χ4v) is 4.34. The molecule has 3 heterocycles. The number of aromatic amines is 1. The molecule has 0 unspecified atom stereocenters. The van der Waals surface area contributed by atoms with Gasteiger partial charge < -0.3 is 19.2 Å². The number of phenols is 1. The largest absolute Gasteiger partial charge is 0.507 e. The van der Waals surface area contributed by atoms with Gasteiger partial charge in [0.05, 0.1) is 25.5 Å². The van der Waals surface area contributed by atoms with Crippen molar-refractivity contribution in [2.75, 3.05) is 6.61 Å². The number of aromatic nitrogens is 2. The van der Waals surface area contributed by atoms with Gasteiger partial charge in [-0.3, -0.25) is 9.89 Å². The fraction of sp³-hybridized carbons (Fsp3) is 0.259. The van der Waals surface area contributed by atoms with Gasteiger partial charge in [0, 0.05) is 11.1 Å². The Hall–Kier alpha value is -4.00. The van der Waals surface area contributed by atoms with Crippen LogP contribution in [0.2, 0.25) is 0 Å². The quantitative estimate of drug-likeness (QED) is 0.362. The van der Waals surface area contributed by atoms with Crippen LogP contribution >= 0.6 is 0 Å². The minimum absolute atomic E-state index is 0.109. The highest BCUT2D eigenvalue weighted by Crippen LogP contribution is 2.45. The zero-order chi connectivity index (χ0) is 23.7. The third-order valence-corrected chi connectivity index (χ3v) is 6.07. The zero-order valence-corrected chi connectivity index (χ0v) is 19.2. The number of benzene rings is 2. The number of carbonyl (C=O) groups is 1. The van der Waals surface area contributed by atoms with Crippen molar-refractivity contribution in [2.24, 2.45) is 5.92 Å². The lowest BCUT2D eigenvalue weighted by atomic mass is 9.95. The molecular formula is C27H27N3O4. The van der Waals surface area contributed by atoms with Gasteiger partial charge in [-0.25, -0.2) is 0 Å². The maximum atomic E-state index is 13.5. The normalized spacial score (nSPS) is 15.2. The Morgan fingerprint density at radius 2 is 2.00 bits per heavy atom. The van der Waals surface area contributed by atoms with Gasteiger partial charge in [0.25, 0.3) is 5.91 Å². The van der Waals surface area contributed by atoms with E-state index in [1.165, 1.54) is 0 Å². The monoisotopic (exact) mass is 457 g/mol. The van der Waals surface area contributed by atoms with Crippen LogP contribution in [0.5, 0.6) is 11.5 Å². The predicted octanol–water partition coefficient (Wildman–Crippen LogP) is 5.55. The molecule has 1 aliphatic heterocycles. The topological polar surface area (TPSA) is 91.6 Å². The minimum Gasteiger partial charge on any atom is -0.507 e. The minimum atomic E-state index is -0.422. The molecule has 1 aliphatic rings. The molecule has 2 aromatic carbocycles. The molecule has 1 atom stereocenters. The summed E-state index contributed by atoms with van der Waals surface area (Å²) in [6.45, 7) is 5.26. The highest BCUT2D eigenvalue weighted by atomic mass is 16.5. The third kappa shape index (κ3) is 4.05. The summed E-state index contributed by atoms with van der Waals surface area (Å²) in [6.07, 6.45) is 2.56. The summed E-state index contributed by atoms with van der Waals surface area (Å²) in [4.78, 5) is 15.2. The molecular weight excluding hydrogens is 430 g/mol. The number of ether oxygens (including phenoxy) is 1. The Balaban J connectivity index is 1.58. The maximum Gasteiger partial charge on any atom is 0.273 e. The molecule has 4 aromatic rings. The van der Waals surface area contributed by atoms with Gasteiger partial charge in [0.1, 0.15) is 28.6 Å². The number of furan rings is 1. The molecule has 7 heteroatoms. The van der Waals surface area contributed by atoms with Crippen molar-refractivity contribution >= 4 is 5.91 Å². The number of carbonyl (C=O) groups excluding carboxylic acids is 1. The first kappa shape index (κ1) is 21.8. The smallest absolute Gasteiger partial charge is 0.273 e. The van der Waals surface area contributed by atoms with E-state index >= 15 is 0 Å². The molecule has 5 rings (SSSR count). The Labute approximate surface area is 198 Å². The van der Waals surface area contributed by atoms with E-state index in [-0.39, 0.29) is 11.7 Å². The SMILES string of the molecule is CC(C)CCOc1cccc([C@@H]2c3c(-c4ccccc4O)n[nH]c3C(=O)N2Cc2ccco2)c1. The van der Waals surface area contributed by atoms with Gasteiger partial charge >= 0.3 is 0 Å². The molecule has 2 aromatic heterocycles. The second kappa shape index (κ2) is 9.09. The molecule has 1 amide bonds. The number of rotatable bonds is 8. The summed E-state index contributed by atoms with van der Waals surface area (Å²) in [5, 5.41) is 17.9. The number of hydrogen-bond acceptors (Lipinski definition) is 5. The highest BCUT2D eigenvalue weighted by molar-refractivity contribution is 6.00. The van der Waals surface area contributed by atoms with Crippen molar-refractivity contribution in [1.29, 1.82) is 0 Å². The number of H-pyrrole nitrogens is 1. The van der Waals surface area contributed by atoms with Crippen LogP contribution in [0.4, 0.5) is 0 Å². The number of nitrogens with zero attached hydrogens (tertiary/aromatic N) is 2. The number of hydrogen-bond donors (Lipinski definition) is 2. The van der Waals surface area contributed by atoms with Crippen molar-refractivity contribution in [3.8, 4) is 22.8 Å². The van der Waals surface area contributed by atoms with Crippen LogP contribution in [-0.4, -0.2) is 32.7 Å². The molecule has 174 valence electrons. The van der Waals surface area contributed by atoms with E-state index in [1.54, 1.807) is 29.4 Å². The molecule has 0 fully saturated rings. The second-order valence-corrected chi connectivity index (χ2v) is 8.90. The summed E-state index contributed by atoms with van der Waals surface area (Å²) in [5.74, 6) is 1.93. The lowest BCUT2D eigenvalue weighted by Gasteiger charge is -2.26. The van der Waals surface area contributed by atoms with E-state index in [9.17, 15) is 9.90 Å². The standard InChI is InChI=1S/C27H27N3O4/c1-17(2)12-14-34-19-8-5-7-18(15-19)26-23-24(21-10-3-4-11-22(21)31)28-29-25(23)27(32)30(26)16-20-9-6-13-33-20/h3-11,13,15,17,26,31H,12,14,16H2,1-2H3,(H,28,29)/t26-/m1/s1. The molecule has 7 nitrogen and oxygen atoms in total. The van der Waals surface area contributed by atoms with E-state index in [4.69, 9.17) is 9.15 Å². The Morgan fingerprint density at radius 3 is 2.76 bits per heavy atom. The average Bonchev–Trinajstić information content (AvgIpc) is 3.54. The van der Waals surface area contributed by atoms with Crippen LogP contribution in [0.3, 0.4) is 0 Å². The van der Waals surface area contributed by atoms with Crippen LogP contribution in [-0.2, 0) is 6.54 Å². The molecule has 0 radical (unpaired) electrons. The summed E-state index contributed by atoms with van der Waals surface area (Å²) in [6, 6.07) is 18.1. The van der Waals surface area contributed by atoms with E-state index in [2.05, 4.69) is 24.0 Å². The van der Waals surface area contributed by atoms with Crippen molar-refractivity contribution in [2.45, 2.75) is 32.9 Å². The summed E-state index contributed by atoms with van der Waals surface area (Å²) in [7, 11) is 0. The van der Waals surface area contributed by atoms with Gasteiger partial charge in [-0.2, -0.15) is 5.10 Å². The first-order chi connectivity index (χ1) is 16.5. The molecule has 0 saturated heterocycles. The van der Waals surface area contributed by atoms with Crippen molar-refractivity contribution in [1.82, 2.24) is 15.1 Å². The number of phenolic OH excluding ortho intramolecular Hbond substituents is 1. The van der Waals surface area contributed by atoms with E-state index in [0.29, 0.717) is 41.8 Å². The van der Waals surface area contributed by atoms with Crippen LogP contribution in [0.1, 0.15) is 53.7 Å². The van der Waals surface area contributed by atoms with Gasteiger partial charge in [0.2, 0.25) is 0 Å². The molecule has 0 spiro atoms. The fourth-order valence-electron chi connectivity index (χ4n) is 4.34. The summed E-state index contributed by atoms with van der Waals surface area (Å²) < 4.78 is 11.6. The molecule has 34 heavy (non-hydrogen) atoms. The van der Waals surface area contributed by atoms with Gasteiger partial charge in [-0.05, 0) is 54.3 Å². The first-order valence-corrected chi connectivity index (χ1v) is 11.5. The van der Waals surface area contributed by atoms with Gasteiger partial charge in [-0.1, -0.05) is 38.1 Å². The Morgan fingerprint density at radius 1 is 1.15 bits per heavy atom. The number of para-hydroxylation sites is 1. The third-order valence-electron chi connectivity index (χ3n) is 6.07. The van der Waals surface area contributed by atoms with Crippen LogP contribution in [0.15, 0.2) is 71.3 Å². The number of fused-ring (bicyclic) bond motifs is 1. The van der Waals surface area contributed by atoms with Crippen LogP contribution in [0, 0.1) is 5.92 Å². The van der Waals surface area contributed by atoms with Crippen molar-refractivity contribution in [3.63, 3.8) is 0 Å². The van der Waals surface area contributed by atoms with Crippen LogP contribution < -0.4 is 4.74 Å². The highest BCUT2D eigenvalue weighted by Gasteiger charge is 2.43. The van der Waals surface area contributed by atoms with Gasteiger partial charge in [-0.15, -0.1) is 0 Å². The predicted molar refractivity (Wildman–Crippen MR) is 128 cm³/mol. The van der Waals surface area contributed by atoms with Gasteiger partial charge in [0.15, 0.2) is 0 Å². The second-order valence-electron chi connectivity index (χ2n) is 8.90. The van der Waals surface area contributed by atoms with E-state index in [1.807, 2.05) is 42.5 Å². The molecule has 0 saturated carbocycles. The number of amides is 1. The van der Waals surface area contributed by atoms with Crippen molar-refractivity contribution in [3.05, 3.63) is 89.5 Å². The molecule has 0 bridgehead atoms. The lowest BCUT2D eigenvalue weighted by Crippen LogP contribution is -2.29. The zero-order valence-electron chi connectivity index (χ0n) is 19.2. The molecule has 2 N–H and O–H groups in total. The number of aromatic hydroxyl groups is 1. The summed E-state index contributed by atoms with van der Waals surface area (Å²) in [5.41, 5.74) is 3.18. The molecule has 0 aliphatic carbocycles. The van der Waals surface area contributed by atoms with Crippen LogP contribution in [0.25, 0.3) is 11.3 Å². The van der Waals surface area contributed by atoms with E-state index in [0.717, 1.165) is 23.3 Å². The van der Waals surface area contributed by atoms with E-state index < -0.39 is 6.04 Å². The maximum absolute atomic E-state index is 13.5. The average molecular weight is 458 g/mol. The number of nitrogens with one attached hydrogen (secondary N) is 1. The Kier molecular flexibility index (Phi) is 5.84. The lowest BCUT2D eigenvalue weighted by molar-refractivity contribution is 0.0716. The van der Waals surface area contributed by atoms with Crippen molar-refractivity contribution < 1.29 is 19.1 Å². The Bertz CT molecular complexity index is 1290. The summed E-state index contributed by atoms with van der Waals surface area (Å²) >= 11 is 0. The first-order valence-electron chi connectivity index (χ1n) is 11.5.